The Hall–Kier alpha value is -4.59. The molecule has 43 heavy (non-hydrogen) atoms. The second kappa shape index (κ2) is 15.0. The molecule has 1 aromatic carbocycles. The molecular weight excluding hydrogens is 554 g/mol. The molecule has 1 aliphatic rings. The number of Topliss-reactive ketones (excluding diaryl/α,β-unsaturated/α-hetero) is 1. The minimum Gasteiger partial charge on any atom is -0.382 e. The van der Waals surface area contributed by atoms with E-state index in [0.29, 0.717) is 56.9 Å². The van der Waals surface area contributed by atoms with Crippen LogP contribution in [-0.4, -0.2) is 93.0 Å². The first-order valence-electron chi connectivity index (χ1n) is 14.5. The van der Waals surface area contributed by atoms with Gasteiger partial charge >= 0.3 is 6.03 Å². The van der Waals surface area contributed by atoms with Crippen molar-refractivity contribution in [1.82, 2.24) is 40.4 Å². The van der Waals surface area contributed by atoms with Crippen LogP contribution in [0.25, 0.3) is 11.2 Å². The van der Waals surface area contributed by atoms with Crippen molar-refractivity contribution in [1.29, 1.82) is 0 Å². The molecule has 14 heteroatoms. The number of morpholine rings is 1. The molecule has 0 radical (unpaired) electrons. The van der Waals surface area contributed by atoms with E-state index in [1.165, 1.54) is 6.33 Å². The quantitative estimate of drug-likeness (QED) is 0.163. The molecule has 230 valence electrons. The van der Waals surface area contributed by atoms with Crippen LogP contribution in [0.5, 0.6) is 0 Å². The first-order chi connectivity index (χ1) is 20.7. The molecule has 1 unspecified atom stereocenters. The number of nitrogens with one attached hydrogen (secondary N) is 3. The van der Waals surface area contributed by atoms with Crippen LogP contribution in [0.4, 0.5) is 10.6 Å². The van der Waals surface area contributed by atoms with Gasteiger partial charge in [0.2, 0.25) is 11.7 Å². The lowest BCUT2D eigenvalue weighted by Crippen LogP contribution is -2.58. The van der Waals surface area contributed by atoms with Gasteiger partial charge in [-0.05, 0) is 30.7 Å². The highest BCUT2D eigenvalue weighted by Gasteiger charge is 2.32. The Kier molecular flexibility index (Phi) is 11.0. The number of ketones is 1. The topological polar surface area (TPSA) is 186 Å². The van der Waals surface area contributed by atoms with Gasteiger partial charge in [-0.2, -0.15) is 0 Å². The first-order valence-corrected chi connectivity index (χ1v) is 14.5. The molecular formula is C29H39N9O5. The summed E-state index contributed by atoms with van der Waals surface area (Å²) in [6.45, 7) is 6.02. The number of carbonyl (C=O) groups is 4. The highest BCUT2D eigenvalue weighted by atomic mass is 16.5. The average Bonchev–Trinajstić information content (AvgIpc) is 3.44. The fourth-order valence-corrected chi connectivity index (χ4v) is 4.77. The zero-order valence-corrected chi connectivity index (χ0v) is 24.5. The summed E-state index contributed by atoms with van der Waals surface area (Å²) in [5.74, 6) is -2.04. The number of ether oxygens (including phenoxy) is 1. The lowest BCUT2D eigenvalue weighted by atomic mass is 9.99. The zero-order chi connectivity index (χ0) is 30.8. The first kappa shape index (κ1) is 31.3. The second-order valence-electron chi connectivity index (χ2n) is 10.7. The smallest absolute Gasteiger partial charge is 0.318 e. The SMILES string of the molecule is CC(C)[C@H](NC(=O)N1CCOCC1)C(=O)NC(CCc1ccccc1)C(=O)C(=O)NCCCn1cnc2c(N)ncnc21. The Morgan fingerprint density at radius 1 is 1.02 bits per heavy atom. The molecule has 0 saturated carbocycles. The van der Waals surface area contributed by atoms with Gasteiger partial charge in [0.05, 0.1) is 25.6 Å². The van der Waals surface area contributed by atoms with Crippen LogP contribution >= 0.6 is 0 Å². The fourth-order valence-electron chi connectivity index (χ4n) is 4.77. The van der Waals surface area contributed by atoms with Crippen LogP contribution in [-0.2, 0) is 32.1 Å². The molecule has 14 nitrogen and oxygen atoms in total. The number of hydrogen-bond donors (Lipinski definition) is 4. The molecule has 1 fully saturated rings. The lowest BCUT2D eigenvalue weighted by Gasteiger charge is -2.30. The summed E-state index contributed by atoms with van der Waals surface area (Å²) in [5.41, 5.74) is 7.88. The van der Waals surface area contributed by atoms with Gasteiger partial charge in [0.1, 0.15) is 17.9 Å². The number of aryl methyl sites for hydroxylation is 2. The van der Waals surface area contributed by atoms with E-state index in [1.807, 2.05) is 30.3 Å². The summed E-state index contributed by atoms with van der Waals surface area (Å²) in [5, 5.41) is 8.20. The van der Waals surface area contributed by atoms with Crippen LogP contribution in [0.15, 0.2) is 43.0 Å². The molecule has 3 heterocycles. The highest BCUT2D eigenvalue weighted by Crippen LogP contribution is 2.14. The van der Waals surface area contributed by atoms with Crippen LogP contribution < -0.4 is 21.7 Å². The minimum atomic E-state index is -1.08. The summed E-state index contributed by atoms with van der Waals surface area (Å²) in [4.78, 5) is 66.4. The van der Waals surface area contributed by atoms with Crippen molar-refractivity contribution in [3.8, 4) is 0 Å². The fraction of sp³-hybridized carbons (Fsp3) is 0.483. The van der Waals surface area contributed by atoms with E-state index in [1.54, 1.807) is 29.6 Å². The summed E-state index contributed by atoms with van der Waals surface area (Å²) in [7, 11) is 0. The highest BCUT2D eigenvalue weighted by molar-refractivity contribution is 6.38. The van der Waals surface area contributed by atoms with E-state index in [-0.39, 0.29) is 30.7 Å². The zero-order valence-electron chi connectivity index (χ0n) is 24.5. The number of nitrogens with zero attached hydrogens (tertiary/aromatic N) is 5. The Labute approximate surface area is 249 Å². The predicted molar refractivity (Wildman–Crippen MR) is 159 cm³/mol. The van der Waals surface area contributed by atoms with Crippen molar-refractivity contribution in [3.05, 3.63) is 48.5 Å². The van der Waals surface area contributed by atoms with Crippen molar-refractivity contribution >= 4 is 40.6 Å². The van der Waals surface area contributed by atoms with Gasteiger partial charge in [-0.25, -0.2) is 19.7 Å². The van der Waals surface area contributed by atoms with Gasteiger partial charge < -0.3 is 35.9 Å². The van der Waals surface area contributed by atoms with Crippen molar-refractivity contribution in [2.24, 2.45) is 5.92 Å². The summed E-state index contributed by atoms with van der Waals surface area (Å²) in [6, 6.07) is 7.15. The number of amides is 4. The Balaban J connectivity index is 1.37. The number of urea groups is 1. The predicted octanol–water partition coefficient (Wildman–Crippen LogP) is 0.668. The normalized spacial score (nSPS) is 14.7. The molecule has 0 aliphatic carbocycles. The summed E-state index contributed by atoms with van der Waals surface area (Å²) < 4.78 is 7.09. The number of hydrogen-bond acceptors (Lipinski definition) is 9. The van der Waals surface area contributed by atoms with Crippen molar-refractivity contribution in [2.75, 3.05) is 38.6 Å². The molecule has 2 aromatic heterocycles. The number of rotatable bonds is 13. The number of carbonyl (C=O) groups excluding carboxylic acids is 4. The second-order valence-corrected chi connectivity index (χ2v) is 10.7. The van der Waals surface area contributed by atoms with Crippen molar-refractivity contribution in [2.45, 2.75) is 51.7 Å². The molecule has 1 saturated heterocycles. The standard InChI is InChI=1S/C29H39N9O5/c1-19(2)22(36-29(42)37-13-15-43-16-14-37)27(40)35-21(10-9-20-7-4-3-5-8-20)24(39)28(41)31-11-6-12-38-18-34-23-25(30)32-17-33-26(23)38/h3-5,7-8,17-19,21-22H,6,9-16H2,1-2H3,(H,31,41)(H,35,40)(H,36,42)(H2,30,32,33)/t21?,22-/m0/s1. The molecule has 2 atom stereocenters. The van der Waals surface area contributed by atoms with Crippen LogP contribution in [0.3, 0.4) is 0 Å². The lowest BCUT2D eigenvalue weighted by molar-refractivity contribution is -0.140. The van der Waals surface area contributed by atoms with E-state index in [2.05, 4.69) is 30.9 Å². The largest absolute Gasteiger partial charge is 0.382 e. The van der Waals surface area contributed by atoms with Gasteiger partial charge in [-0.3, -0.25) is 14.4 Å². The van der Waals surface area contributed by atoms with Gasteiger partial charge in [0.15, 0.2) is 11.5 Å². The number of fused-ring (bicyclic) bond motifs is 1. The van der Waals surface area contributed by atoms with Gasteiger partial charge in [0.25, 0.3) is 5.91 Å². The number of benzene rings is 1. The number of nitrogens with two attached hydrogens (primary N) is 1. The van der Waals surface area contributed by atoms with E-state index < -0.39 is 29.7 Å². The van der Waals surface area contributed by atoms with Crippen LogP contribution in [0.1, 0.15) is 32.3 Å². The van der Waals surface area contributed by atoms with Gasteiger partial charge in [-0.15, -0.1) is 0 Å². The molecule has 1 aliphatic heterocycles. The number of aromatic nitrogens is 4. The summed E-state index contributed by atoms with van der Waals surface area (Å²) in [6.07, 6.45) is 4.14. The maximum atomic E-state index is 13.4. The Morgan fingerprint density at radius 3 is 2.49 bits per heavy atom. The molecule has 4 amide bonds. The molecule has 0 bridgehead atoms. The third-order valence-electron chi connectivity index (χ3n) is 7.24. The maximum absolute atomic E-state index is 13.4. The minimum absolute atomic E-state index is 0.215. The monoisotopic (exact) mass is 593 g/mol. The van der Waals surface area contributed by atoms with E-state index in [4.69, 9.17) is 10.5 Å². The third-order valence-corrected chi connectivity index (χ3v) is 7.24. The third kappa shape index (κ3) is 8.47. The Morgan fingerprint density at radius 2 is 1.77 bits per heavy atom. The molecule has 4 rings (SSSR count). The van der Waals surface area contributed by atoms with E-state index in [9.17, 15) is 19.2 Å². The number of nitrogen functional groups attached to an aromatic ring is 1. The van der Waals surface area contributed by atoms with E-state index >= 15 is 0 Å². The summed E-state index contributed by atoms with van der Waals surface area (Å²) >= 11 is 0. The Bertz CT molecular complexity index is 1410. The molecule has 3 aromatic rings. The van der Waals surface area contributed by atoms with Crippen molar-refractivity contribution < 1.29 is 23.9 Å². The van der Waals surface area contributed by atoms with Crippen LogP contribution in [0.2, 0.25) is 0 Å². The maximum Gasteiger partial charge on any atom is 0.318 e. The van der Waals surface area contributed by atoms with Crippen molar-refractivity contribution in [3.63, 3.8) is 0 Å². The number of imidazole rings is 1. The van der Waals surface area contributed by atoms with Crippen LogP contribution in [0, 0.1) is 5.92 Å². The molecule has 0 spiro atoms. The molecule has 5 N–H and O–H groups in total. The number of anilines is 1. The van der Waals surface area contributed by atoms with Gasteiger partial charge in [0, 0.05) is 26.2 Å². The van der Waals surface area contributed by atoms with E-state index in [0.717, 1.165) is 5.56 Å². The van der Waals surface area contributed by atoms with Gasteiger partial charge in [-0.1, -0.05) is 44.2 Å². The average molecular weight is 594 g/mol.